The van der Waals surface area contributed by atoms with Crippen LogP contribution in [-0.2, 0) is 9.84 Å². The Morgan fingerprint density at radius 2 is 1.71 bits per heavy atom. The van der Waals surface area contributed by atoms with Crippen LogP contribution in [0.3, 0.4) is 0 Å². The highest BCUT2D eigenvalue weighted by molar-refractivity contribution is 7.91. The molecule has 0 saturated carbocycles. The third kappa shape index (κ3) is 7.09. The van der Waals surface area contributed by atoms with E-state index in [0.717, 1.165) is 19.5 Å². The van der Waals surface area contributed by atoms with Crippen molar-refractivity contribution in [2.75, 3.05) is 24.6 Å². The molecule has 1 rings (SSSR count). The average Bonchev–Trinajstić information content (AvgIpc) is 2.44. The fraction of sp³-hybridized carbons (Fsp3) is 0.647. The fourth-order valence-corrected chi connectivity index (χ4v) is 3.88. The predicted molar refractivity (Wildman–Crippen MR) is 90.6 cm³/mol. The lowest BCUT2D eigenvalue weighted by molar-refractivity contribution is 0.554. The second-order valence-corrected chi connectivity index (χ2v) is 8.06. The number of hydrogen-bond acceptors (Lipinski definition) is 3. The predicted octanol–water partition coefficient (Wildman–Crippen LogP) is 3.29. The molecule has 0 radical (unpaired) electrons. The first-order valence-electron chi connectivity index (χ1n) is 7.96. The van der Waals surface area contributed by atoms with Gasteiger partial charge in [0.25, 0.3) is 0 Å². The number of aryl methyl sites for hydroxylation is 1. The normalized spacial score (nSPS) is 13.3. The Morgan fingerprint density at radius 3 is 2.29 bits per heavy atom. The van der Waals surface area contributed by atoms with Crippen molar-refractivity contribution in [2.24, 2.45) is 0 Å². The number of hydrogen-bond donors (Lipinski definition) is 1. The van der Waals surface area contributed by atoms with Crippen LogP contribution >= 0.6 is 0 Å². The first-order chi connectivity index (χ1) is 9.98. The molecular formula is C17H29NO2S. The minimum absolute atomic E-state index is 0.267. The molecule has 0 aromatic heterocycles. The molecular weight excluding hydrogens is 282 g/mol. The van der Waals surface area contributed by atoms with E-state index in [9.17, 15) is 8.42 Å². The first kappa shape index (κ1) is 18.2. The number of sulfone groups is 1. The molecule has 0 bridgehead atoms. The minimum Gasteiger partial charge on any atom is -0.316 e. The second kappa shape index (κ2) is 9.21. The van der Waals surface area contributed by atoms with Crippen LogP contribution in [-0.4, -0.2) is 33.0 Å². The molecule has 0 heterocycles. The summed E-state index contributed by atoms with van der Waals surface area (Å²) in [6.45, 7) is 7.94. The fourth-order valence-electron chi connectivity index (χ4n) is 2.41. The molecule has 1 aromatic rings. The average molecular weight is 311 g/mol. The lowest BCUT2D eigenvalue weighted by Gasteiger charge is -2.18. The van der Waals surface area contributed by atoms with Crippen molar-refractivity contribution in [3.8, 4) is 0 Å². The summed E-state index contributed by atoms with van der Waals surface area (Å²) in [6, 6.07) is 8.45. The highest BCUT2D eigenvalue weighted by atomic mass is 32.2. The maximum atomic E-state index is 11.9. The maximum Gasteiger partial charge on any atom is 0.150 e. The number of rotatable bonds is 10. The van der Waals surface area contributed by atoms with Gasteiger partial charge in [-0.25, -0.2) is 8.42 Å². The molecule has 0 amide bonds. The molecule has 1 atom stereocenters. The Morgan fingerprint density at radius 1 is 1.05 bits per heavy atom. The molecule has 120 valence electrons. The van der Waals surface area contributed by atoms with E-state index in [1.807, 2.05) is 6.92 Å². The Hall–Kier alpha value is -0.870. The quantitative estimate of drug-likeness (QED) is 0.674. The lowest BCUT2D eigenvalue weighted by Crippen LogP contribution is -2.24. The molecule has 0 spiro atoms. The van der Waals surface area contributed by atoms with Gasteiger partial charge in [0.1, 0.15) is 9.84 Å². The topological polar surface area (TPSA) is 46.2 Å². The highest BCUT2D eigenvalue weighted by Gasteiger charge is 2.16. The van der Waals surface area contributed by atoms with E-state index in [1.165, 1.54) is 11.1 Å². The molecule has 1 aromatic carbocycles. The van der Waals surface area contributed by atoms with Crippen LogP contribution in [0.1, 0.15) is 50.2 Å². The summed E-state index contributed by atoms with van der Waals surface area (Å²) in [5.74, 6) is 0.854. The molecule has 1 N–H and O–H groups in total. The summed E-state index contributed by atoms with van der Waals surface area (Å²) in [6.07, 6.45) is 2.49. The summed E-state index contributed by atoms with van der Waals surface area (Å²) in [5.41, 5.74) is 2.47. The lowest BCUT2D eigenvalue weighted by atomic mass is 9.95. The van der Waals surface area contributed by atoms with Crippen LogP contribution in [0.4, 0.5) is 0 Å². The van der Waals surface area contributed by atoms with Crippen LogP contribution in [0.15, 0.2) is 24.3 Å². The minimum atomic E-state index is -2.90. The SMILES string of the molecule is CCCNCC(CCS(=O)(=O)CCC)c1ccc(C)cc1. The van der Waals surface area contributed by atoms with Crippen molar-refractivity contribution < 1.29 is 8.42 Å². The van der Waals surface area contributed by atoms with Crippen molar-refractivity contribution in [1.29, 1.82) is 0 Å². The molecule has 0 aliphatic carbocycles. The van der Waals surface area contributed by atoms with Gasteiger partial charge < -0.3 is 5.32 Å². The van der Waals surface area contributed by atoms with Crippen molar-refractivity contribution in [3.63, 3.8) is 0 Å². The molecule has 1 unspecified atom stereocenters. The van der Waals surface area contributed by atoms with Crippen molar-refractivity contribution >= 4 is 9.84 Å². The molecule has 0 aliphatic heterocycles. The zero-order valence-electron chi connectivity index (χ0n) is 13.6. The van der Waals surface area contributed by atoms with Crippen LogP contribution in [0.25, 0.3) is 0 Å². The summed E-state index contributed by atoms with van der Waals surface area (Å²) in [7, 11) is -2.90. The van der Waals surface area contributed by atoms with Gasteiger partial charge in [-0.1, -0.05) is 43.7 Å². The van der Waals surface area contributed by atoms with Gasteiger partial charge in [-0.05, 0) is 44.2 Å². The van der Waals surface area contributed by atoms with Crippen LogP contribution < -0.4 is 5.32 Å². The Kier molecular flexibility index (Phi) is 7.97. The summed E-state index contributed by atoms with van der Waals surface area (Å²) in [5, 5.41) is 3.42. The third-order valence-corrected chi connectivity index (χ3v) is 5.55. The highest BCUT2D eigenvalue weighted by Crippen LogP contribution is 2.20. The van der Waals surface area contributed by atoms with E-state index in [-0.39, 0.29) is 11.7 Å². The molecule has 21 heavy (non-hydrogen) atoms. The third-order valence-electron chi connectivity index (χ3n) is 3.66. The van der Waals surface area contributed by atoms with E-state index >= 15 is 0 Å². The van der Waals surface area contributed by atoms with E-state index in [0.29, 0.717) is 18.6 Å². The van der Waals surface area contributed by atoms with E-state index in [1.54, 1.807) is 0 Å². The van der Waals surface area contributed by atoms with Crippen LogP contribution in [0.5, 0.6) is 0 Å². The van der Waals surface area contributed by atoms with Crippen molar-refractivity contribution in [2.45, 2.75) is 46.0 Å². The summed E-state index contributed by atoms with van der Waals surface area (Å²) in [4.78, 5) is 0. The number of benzene rings is 1. The first-order valence-corrected chi connectivity index (χ1v) is 9.78. The van der Waals surface area contributed by atoms with E-state index in [4.69, 9.17) is 0 Å². The van der Waals surface area contributed by atoms with Gasteiger partial charge >= 0.3 is 0 Å². The number of nitrogens with one attached hydrogen (secondary N) is 1. The Bertz CT molecular complexity index is 494. The van der Waals surface area contributed by atoms with Crippen molar-refractivity contribution in [1.82, 2.24) is 5.32 Å². The largest absolute Gasteiger partial charge is 0.316 e. The molecule has 0 fully saturated rings. The monoisotopic (exact) mass is 311 g/mol. The zero-order chi connectivity index (χ0) is 15.7. The van der Waals surface area contributed by atoms with Gasteiger partial charge in [-0.15, -0.1) is 0 Å². The van der Waals surface area contributed by atoms with Gasteiger partial charge in [0.15, 0.2) is 0 Å². The molecule has 0 aliphatic rings. The van der Waals surface area contributed by atoms with E-state index < -0.39 is 9.84 Å². The smallest absolute Gasteiger partial charge is 0.150 e. The molecule has 3 nitrogen and oxygen atoms in total. The summed E-state index contributed by atoms with van der Waals surface area (Å²) >= 11 is 0. The van der Waals surface area contributed by atoms with Crippen LogP contribution in [0.2, 0.25) is 0 Å². The van der Waals surface area contributed by atoms with E-state index in [2.05, 4.69) is 43.4 Å². The zero-order valence-corrected chi connectivity index (χ0v) is 14.4. The van der Waals surface area contributed by atoms with Crippen LogP contribution in [0, 0.1) is 6.92 Å². The second-order valence-electron chi connectivity index (χ2n) is 5.75. The Labute approximate surface area is 130 Å². The standard InChI is InChI=1S/C17H29NO2S/c1-4-11-18-14-17(10-13-21(19,20)12-5-2)16-8-6-15(3)7-9-16/h6-9,17-18H,4-5,10-14H2,1-3H3. The summed E-state index contributed by atoms with van der Waals surface area (Å²) < 4.78 is 23.9. The molecule has 4 heteroatoms. The maximum absolute atomic E-state index is 11.9. The van der Waals surface area contributed by atoms with Gasteiger partial charge in [0, 0.05) is 12.3 Å². The van der Waals surface area contributed by atoms with Gasteiger partial charge in [0.05, 0.1) is 5.75 Å². The van der Waals surface area contributed by atoms with Gasteiger partial charge in [-0.2, -0.15) is 0 Å². The van der Waals surface area contributed by atoms with Crippen molar-refractivity contribution in [3.05, 3.63) is 35.4 Å². The van der Waals surface area contributed by atoms with Gasteiger partial charge in [0.2, 0.25) is 0 Å². The Balaban J connectivity index is 2.70. The molecule has 0 saturated heterocycles. The van der Waals surface area contributed by atoms with Gasteiger partial charge in [-0.3, -0.25) is 0 Å².